The maximum Gasteiger partial charge on any atom is 0.243 e. The number of nitrogens with zero attached hydrogens (tertiary/aromatic N) is 3. The van der Waals surface area contributed by atoms with Gasteiger partial charge < -0.3 is 0 Å². The minimum Gasteiger partial charge on any atom is -0.274 e. The van der Waals surface area contributed by atoms with E-state index in [1.165, 1.54) is 15.6 Å². The van der Waals surface area contributed by atoms with E-state index in [4.69, 9.17) is 0 Å². The van der Waals surface area contributed by atoms with Crippen LogP contribution in [0.5, 0.6) is 0 Å². The number of anilines is 2. The van der Waals surface area contributed by atoms with E-state index in [1.807, 2.05) is 75.5 Å². The normalized spacial score (nSPS) is 15.5. The number of sulfonamides is 1. The van der Waals surface area contributed by atoms with Crippen molar-refractivity contribution < 1.29 is 13.2 Å². The van der Waals surface area contributed by atoms with Crippen LogP contribution in [-0.2, 0) is 14.8 Å². The molecule has 8 heteroatoms. The highest BCUT2D eigenvalue weighted by Crippen LogP contribution is 2.34. The Hall–Kier alpha value is -2.55. The maximum absolute atomic E-state index is 13.6. The van der Waals surface area contributed by atoms with Crippen LogP contribution in [0.2, 0.25) is 0 Å². The number of hydrogen-bond acceptors (Lipinski definition) is 5. The molecule has 0 radical (unpaired) electrons. The number of thiazole rings is 1. The average molecular weight is 484 g/mol. The van der Waals surface area contributed by atoms with E-state index in [0.29, 0.717) is 36.0 Å². The van der Waals surface area contributed by atoms with Gasteiger partial charge in [-0.2, -0.15) is 4.31 Å². The molecular weight excluding hydrogens is 454 g/mol. The molecule has 1 aromatic heterocycles. The fraction of sp³-hybridized carbons (Fsp3) is 0.360. The van der Waals surface area contributed by atoms with Crippen molar-refractivity contribution in [3.8, 4) is 0 Å². The molecule has 0 unspecified atom stereocenters. The highest BCUT2D eigenvalue weighted by Gasteiger charge is 2.36. The molecule has 1 fully saturated rings. The molecule has 0 atom stereocenters. The fourth-order valence-corrected chi connectivity index (χ4v) is 7.29. The van der Waals surface area contributed by atoms with Gasteiger partial charge >= 0.3 is 0 Å². The molecule has 4 rings (SSSR count). The summed E-state index contributed by atoms with van der Waals surface area (Å²) in [4.78, 5) is 20.2. The molecule has 0 aliphatic carbocycles. The largest absolute Gasteiger partial charge is 0.274 e. The molecule has 33 heavy (non-hydrogen) atoms. The van der Waals surface area contributed by atoms with Crippen molar-refractivity contribution in [3.63, 3.8) is 0 Å². The SMILES string of the molecule is Cc1cc(C)c(S(=O)(=O)N2CCC(C(=O)N(c3ccccc3)c3nc(C)cs3)CC2)c(C)c1. The quantitative estimate of drug-likeness (QED) is 0.504. The zero-order valence-corrected chi connectivity index (χ0v) is 21.0. The third kappa shape index (κ3) is 4.74. The number of amides is 1. The smallest absolute Gasteiger partial charge is 0.243 e. The summed E-state index contributed by atoms with van der Waals surface area (Å²) < 4.78 is 28.4. The third-order valence-corrected chi connectivity index (χ3v) is 9.19. The van der Waals surface area contributed by atoms with Crippen LogP contribution in [0.15, 0.2) is 52.7 Å². The molecule has 6 nitrogen and oxygen atoms in total. The minimum atomic E-state index is -3.61. The lowest BCUT2D eigenvalue weighted by Crippen LogP contribution is -2.43. The highest BCUT2D eigenvalue weighted by atomic mass is 32.2. The Morgan fingerprint density at radius 2 is 1.64 bits per heavy atom. The molecule has 1 saturated heterocycles. The van der Waals surface area contributed by atoms with Crippen LogP contribution in [0.1, 0.15) is 35.2 Å². The van der Waals surface area contributed by atoms with Crippen molar-refractivity contribution >= 4 is 38.1 Å². The first-order valence-electron chi connectivity index (χ1n) is 11.1. The zero-order chi connectivity index (χ0) is 23.8. The summed E-state index contributed by atoms with van der Waals surface area (Å²) in [5.41, 5.74) is 4.22. The van der Waals surface area contributed by atoms with Gasteiger partial charge in [0.1, 0.15) is 0 Å². The van der Waals surface area contributed by atoms with E-state index in [2.05, 4.69) is 4.98 Å². The van der Waals surface area contributed by atoms with Gasteiger partial charge in [0.25, 0.3) is 0 Å². The summed E-state index contributed by atoms with van der Waals surface area (Å²) in [6.45, 7) is 8.21. The number of aryl methyl sites for hydroxylation is 4. The molecule has 1 aliphatic rings. The van der Waals surface area contributed by atoms with Gasteiger partial charge in [0.05, 0.1) is 16.3 Å². The van der Waals surface area contributed by atoms with Gasteiger partial charge in [-0.1, -0.05) is 35.9 Å². The van der Waals surface area contributed by atoms with Crippen LogP contribution in [0, 0.1) is 33.6 Å². The number of rotatable bonds is 5. The van der Waals surface area contributed by atoms with Crippen molar-refractivity contribution in [2.75, 3.05) is 18.0 Å². The van der Waals surface area contributed by atoms with Gasteiger partial charge in [-0.05, 0) is 63.8 Å². The van der Waals surface area contributed by atoms with E-state index in [9.17, 15) is 13.2 Å². The molecular formula is C25H29N3O3S2. The zero-order valence-electron chi connectivity index (χ0n) is 19.4. The van der Waals surface area contributed by atoms with Gasteiger partial charge in [-0.3, -0.25) is 9.69 Å². The maximum atomic E-state index is 13.6. The molecule has 2 heterocycles. The van der Waals surface area contributed by atoms with E-state index in [0.717, 1.165) is 28.1 Å². The van der Waals surface area contributed by atoms with Gasteiger partial charge in [-0.15, -0.1) is 11.3 Å². The van der Waals surface area contributed by atoms with Crippen LogP contribution in [0.3, 0.4) is 0 Å². The van der Waals surface area contributed by atoms with Crippen LogP contribution in [-0.4, -0.2) is 36.7 Å². The molecule has 2 aromatic carbocycles. The standard InChI is InChI=1S/C25H29N3O3S2/c1-17-14-18(2)23(19(3)15-17)33(30,31)27-12-10-21(11-13-27)24(29)28(22-8-6-5-7-9-22)25-26-20(4)16-32-25/h5-9,14-16,21H,10-13H2,1-4H3. The van der Waals surface area contributed by atoms with Gasteiger partial charge in [0, 0.05) is 24.4 Å². The van der Waals surface area contributed by atoms with Gasteiger partial charge in [0.2, 0.25) is 15.9 Å². The molecule has 3 aromatic rings. The summed E-state index contributed by atoms with van der Waals surface area (Å²) >= 11 is 1.44. The second-order valence-electron chi connectivity index (χ2n) is 8.69. The Morgan fingerprint density at radius 1 is 1.03 bits per heavy atom. The number of hydrogen-bond donors (Lipinski definition) is 0. The van der Waals surface area contributed by atoms with Crippen molar-refractivity contribution in [2.45, 2.75) is 45.4 Å². The molecule has 0 spiro atoms. The predicted molar refractivity (Wildman–Crippen MR) is 133 cm³/mol. The fourth-order valence-electron chi connectivity index (χ4n) is 4.58. The number of carbonyl (C=O) groups excluding carboxylic acids is 1. The Labute approximate surface area is 199 Å². The summed E-state index contributed by atoms with van der Waals surface area (Å²) in [6, 6.07) is 13.3. The second-order valence-corrected chi connectivity index (χ2v) is 11.4. The Kier molecular flexibility index (Phi) is 6.70. The summed E-state index contributed by atoms with van der Waals surface area (Å²) in [5, 5.41) is 2.57. The first-order chi connectivity index (χ1) is 15.7. The van der Waals surface area contributed by atoms with E-state index in [-0.39, 0.29) is 11.8 Å². The Balaban J connectivity index is 1.55. The number of carbonyl (C=O) groups is 1. The van der Waals surface area contributed by atoms with Gasteiger partial charge in [0.15, 0.2) is 5.13 Å². The minimum absolute atomic E-state index is 0.0321. The highest BCUT2D eigenvalue weighted by molar-refractivity contribution is 7.89. The predicted octanol–water partition coefficient (Wildman–Crippen LogP) is 5.14. The molecule has 1 amide bonds. The summed E-state index contributed by atoms with van der Waals surface area (Å²) in [7, 11) is -3.61. The second kappa shape index (κ2) is 9.37. The van der Waals surface area contributed by atoms with Crippen LogP contribution >= 0.6 is 11.3 Å². The monoisotopic (exact) mass is 483 g/mol. The lowest BCUT2D eigenvalue weighted by Gasteiger charge is -2.33. The lowest BCUT2D eigenvalue weighted by atomic mass is 9.96. The van der Waals surface area contributed by atoms with Crippen molar-refractivity contribution in [1.82, 2.24) is 9.29 Å². The number of aromatic nitrogens is 1. The van der Waals surface area contributed by atoms with Crippen molar-refractivity contribution in [1.29, 1.82) is 0 Å². The molecule has 1 aliphatic heterocycles. The molecule has 0 N–H and O–H groups in total. The van der Waals surface area contributed by atoms with Crippen LogP contribution in [0.25, 0.3) is 0 Å². The molecule has 0 saturated carbocycles. The Bertz CT molecular complexity index is 1240. The summed E-state index contributed by atoms with van der Waals surface area (Å²) in [6.07, 6.45) is 0.964. The van der Waals surface area contributed by atoms with Gasteiger partial charge in [-0.25, -0.2) is 13.4 Å². The first kappa shape index (κ1) is 23.6. The van der Waals surface area contributed by atoms with E-state index >= 15 is 0 Å². The van der Waals surface area contributed by atoms with Crippen molar-refractivity contribution in [3.05, 3.63) is 70.2 Å². The van der Waals surface area contributed by atoms with Crippen molar-refractivity contribution in [2.24, 2.45) is 5.92 Å². The number of para-hydroxylation sites is 1. The van der Waals surface area contributed by atoms with E-state index in [1.54, 1.807) is 4.90 Å². The lowest BCUT2D eigenvalue weighted by molar-refractivity contribution is -0.122. The van der Waals surface area contributed by atoms with E-state index < -0.39 is 10.0 Å². The number of benzene rings is 2. The van der Waals surface area contributed by atoms with Crippen LogP contribution in [0.4, 0.5) is 10.8 Å². The topological polar surface area (TPSA) is 70.6 Å². The van der Waals surface area contributed by atoms with Crippen LogP contribution < -0.4 is 4.90 Å². The average Bonchev–Trinajstić information content (AvgIpc) is 3.19. The molecule has 0 bridgehead atoms. The Morgan fingerprint density at radius 3 is 2.18 bits per heavy atom. The summed E-state index contributed by atoms with van der Waals surface area (Å²) in [5.74, 6) is -0.295. The first-order valence-corrected chi connectivity index (χ1v) is 13.4. The number of piperidine rings is 1. The molecule has 174 valence electrons. The third-order valence-electron chi connectivity index (χ3n) is 6.04.